The smallest absolute Gasteiger partial charge is 0.258 e. The molecule has 0 radical (unpaired) electrons. The summed E-state index contributed by atoms with van der Waals surface area (Å²) in [5, 5.41) is 13.5. The molecule has 0 saturated carbocycles. The van der Waals surface area contributed by atoms with Crippen LogP contribution in [-0.2, 0) is 0 Å². The van der Waals surface area contributed by atoms with Crippen molar-refractivity contribution in [1.82, 2.24) is 29.4 Å². The van der Waals surface area contributed by atoms with Gasteiger partial charge in [0.15, 0.2) is 0 Å². The predicted molar refractivity (Wildman–Crippen MR) is 374 cm³/mol. The first kappa shape index (κ1) is 54.7. The molecule has 0 atom stereocenters. The van der Waals surface area contributed by atoms with E-state index in [-0.39, 0.29) is 0 Å². The molecule has 0 saturated heterocycles. The number of para-hydroxylation sites is 5. The van der Waals surface area contributed by atoms with Crippen LogP contribution >= 0.6 is 0 Å². The van der Waals surface area contributed by atoms with Gasteiger partial charge in [-0.3, -0.25) is 0 Å². The van der Waals surface area contributed by atoms with Gasteiger partial charge in [0.05, 0.1) is 22.1 Å². The molecule has 0 aliphatic rings. The number of hydrogen-bond donors (Lipinski definition) is 0. The summed E-state index contributed by atoms with van der Waals surface area (Å²) < 4.78 is 16.1. The monoisotopic (exact) mass is 1180 g/mol. The van der Waals surface area contributed by atoms with Crippen LogP contribution in [0.15, 0.2) is 349 Å². The molecule has 13 aromatic carbocycles. The number of hydrogen-bond acceptors (Lipinski definition) is 8. The SMILES string of the molecule is c1ccc(-c2ccc3c(c2)c2ccccc2n3-c2ccc(N(c3ccccc3)c3cccc(-c4nc(-c5ccccc5)no4)c3)cc2)cc1.c1ccc(-c2noc(-c3cccc(N(c4ccccc4)c4ccc(-n5c6ccccc6c6ccccc65)cc4)c3)n2)cc1. The van der Waals surface area contributed by atoms with Crippen molar-refractivity contribution < 1.29 is 9.05 Å². The van der Waals surface area contributed by atoms with Crippen LogP contribution < -0.4 is 9.80 Å². The first-order valence-electron chi connectivity index (χ1n) is 30.6. The van der Waals surface area contributed by atoms with Crippen molar-refractivity contribution in [2.45, 2.75) is 0 Å². The van der Waals surface area contributed by atoms with Crippen LogP contribution in [0.3, 0.4) is 0 Å². The van der Waals surface area contributed by atoms with Crippen LogP contribution in [0.5, 0.6) is 0 Å². The molecule has 4 heterocycles. The Kier molecular flexibility index (Phi) is 14.4. The van der Waals surface area contributed by atoms with Crippen molar-refractivity contribution in [3.63, 3.8) is 0 Å². The van der Waals surface area contributed by atoms with Crippen LogP contribution in [0.2, 0.25) is 0 Å². The summed E-state index contributed by atoms with van der Waals surface area (Å²) in [6, 6.07) is 118. The fraction of sp³-hybridized carbons (Fsp3) is 0. The number of rotatable bonds is 13. The molecular formula is C82H56N8O2. The number of nitrogens with zero attached hydrogens (tertiary/aromatic N) is 8. The van der Waals surface area contributed by atoms with Crippen molar-refractivity contribution in [2.24, 2.45) is 0 Å². The Bertz CT molecular complexity index is 5340. The second kappa shape index (κ2) is 24.1. The maximum atomic E-state index is 5.73. The molecular weight excluding hydrogens is 1130 g/mol. The quantitative estimate of drug-likeness (QED) is 0.113. The average molecular weight is 1190 g/mol. The molecule has 0 spiro atoms. The van der Waals surface area contributed by atoms with Crippen molar-refractivity contribution >= 4 is 77.7 Å². The van der Waals surface area contributed by atoms with Crippen LogP contribution in [-0.4, -0.2) is 29.4 Å². The van der Waals surface area contributed by atoms with Crippen molar-refractivity contribution in [1.29, 1.82) is 0 Å². The molecule has 10 heteroatoms. The van der Waals surface area contributed by atoms with Crippen molar-refractivity contribution in [3.8, 4) is 68.2 Å². The summed E-state index contributed by atoms with van der Waals surface area (Å²) in [6.07, 6.45) is 0. The standard InChI is InChI=1S/C44H30N4O.C38H26N4O/c1-4-13-31(14-5-1)33-23-28-42-40(30-33)39-21-10-11-22-41(39)48(42)37-26-24-36(25-27-37)47(35-18-8-3-9-19-35)38-20-12-17-34(29-38)44-45-43(46-49-44)32-15-6-2-7-16-32;1-3-12-27(13-4-1)37-39-38(43-40-37)28-14-11-17-32(26-28)41(29-15-5-2-6-16-29)30-22-24-31(25-23-30)42-35-20-9-7-18-33(35)34-19-8-10-21-36(34)42/h1-30H;1-26H. The van der Waals surface area contributed by atoms with E-state index in [1.807, 2.05) is 97.1 Å². The summed E-state index contributed by atoms with van der Waals surface area (Å²) >= 11 is 0. The van der Waals surface area contributed by atoms with Gasteiger partial charge in [0.25, 0.3) is 11.8 Å². The highest BCUT2D eigenvalue weighted by Crippen LogP contribution is 2.42. The van der Waals surface area contributed by atoms with Gasteiger partial charge in [-0.2, -0.15) is 9.97 Å². The normalized spacial score (nSPS) is 11.3. The van der Waals surface area contributed by atoms with Gasteiger partial charge in [0, 0.05) is 89.3 Å². The Labute approximate surface area is 531 Å². The lowest BCUT2D eigenvalue weighted by Gasteiger charge is -2.26. The molecule has 0 aliphatic heterocycles. The van der Waals surface area contributed by atoms with E-state index in [1.165, 1.54) is 54.7 Å². The van der Waals surface area contributed by atoms with E-state index in [1.54, 1.807) is 0 Å². The highest BCUT2D eigenvalue weighted by Gasteiger charge is 2.21. The summed E-state index contributed by atoms with van der Waals surface area (Å²) in [4.78, 5) is 13.9. The van der Waals surface area contributed by atoms with Crippen LogP contribution in [0.4, 0.5) is 34.1 Å². The lowest BCUT2D eigenvalue weighted by Crippen LogP contribution is -2.10. The second-order valence-electron chi connectivity index (χ2n) is 22.4. The maximum Gasteiger partial charge on any atom is 0.258 e. The largest absolute Gasteiger partial charge is 0.334 e. The molecule has 436 valence electrons. The van der Waals surface area contributed by atoms with Gasteiger partial charge in [0.1, 0.15) is 0 Å². The zero-order valence-corrected chi connectivity index (χ0v) is 49.7. The van der Waals surface area contributed by atoms with Crippen LogP contribution in [0, 0.1) is 0 Å². The summed E-state index contributed by atoms with van der Waals surface area (Å²) in [7, 11) is 0. The zero-order chi connectivity index (χ0) is 61.2. The minimum atomic E-state index is 0.478. The molecule has 0 bridgehead atoms. The highest BCUT2D eigenvalue weighted by molar-refractivity contribution is 6.11. The van der Waals surface area contributed by atoms with Crippen LogP contribution in [0.25, 0.3) is 112 Å². The Morgan fingerprint density at radius 2 is 0.554 bits per heavy atom. The molecule has 10 nitrogen and oxygen atoms in total. The predicted octanol–water partition coefficient (Wildman–Crippen LogP) is 21.6. The van der Waals surface area contributed by atoms with E-state index in [9.17, 15) is 0 Å². The van der Waals surface area contributed by atoms with Gasteiger partial charge in [-0.1, -0.05) is 211 Å². The number of fused-ring (bicyclic) bond motifs is 6. The van der Waals surface area contributed by atoms with Gasteiger partial charge in [-0.05, 0) is 151 Å². The van der Waals surface area contributed by atoms with E-state index < -0.39 is 0 Å². The average Bonchev–Trinajstić information content (AvgIpc) is 1.66. The van der Waals surface area contributed by atoms with Crippen molar-refractivity contribution in [2.75, 3.05) is 9.80 Å². The summed E-state index contributed by atoms with van der Waals surface area (Å²) in [5.74, 6) is 2.10. The highest BCUT2D eigenvalue weighted by atomic mass is 16.5. The lowest BCUT2D eigenvalue weighted by atomic mass is 10.0. The Hall–Kier alpha value is -12.7. The van der Waals surface area contributed by atoms with E-state index in [2.05, 4.69) is 277 Å². The zero-order valence-electron chi connectivity index (χ0n) is 49.7. The lowest BCUT2D eigenvalue weighted by molar-refractivity contribution is 0.432. The topological polar surface area (TPSA) is 94.2 Å². The fourth-order valence-corrected chi connectivity index (χ4v) is 12.5. The Balaban J connectivity index is 0.000000148. The van der Waals surface area contributed by atoms with Gasteiger partial charge in [-0.25, -0.2) is 0 Å². The Morgan fingerprint density at radius 3 is 0.978 bits per heavy atom. The van der Waals surface area contributed by atoms with E-state index >= 15 is 0 Å². The molecule has 0 amide bonds. The molecule has 4 aromatic heterocycles. The third kappa shape index (κ3) is 10.5. The third-order valence-corrected chi connectivity index (χ3v) is 16.7. The van der Waals surface area contributed by atoms with E-state index in [4.69, 9.17) is 14.0 Å². The molecule has 0 fully saturated rings. The molecule has 0 N–H and O–H groups in total. The molecule has 0 aliphatic carbocycles. The van der Waals surface area contributed by atoms with Crippen molar-refractivity contribution in [3.05, 3.63) is 340 Å². The number of anilines is 6. The Morgan fingerprint density at radius 1 is 0.228 bits per heavy atom. The van der Waals surface area contributed by atoms with E-state index in [0.29, 0.717) is 23.4 Å². The van der Waals surface area contributed by atoms with Gasteiger partial charge >= 0.3 is 0 Å². The summed E-state index contributed by atoms with van der Waals surface area (Å²) in [5.41, 5.74) is 19.1. The first-order valence-corrected chi connectivity index (χ1v) is 30.6. The van der Waals surface area contributed by atoms with Gasteiger partial charge in [-0.15, -0.1) is 0 Å². The number of benzene rings is 13. The second-order valence-corrected chi connectivity index (χ2v) is 22.4. The first-order chi connectivity index (χ1) is 45.6. The van der Waals surface area contributed by atoms with Gasteiger partial charge < -0.3 is 28.0 Å². The molecule has 92 heavy (non-hydrogen) atoms. The van der Waals surface area contributed by atoms with Gasteiger partial charge in [0.2, 0.25) is 11.6 Å². The summed E-state index contributed by atoms with van der Waals surface area (Å²) in [6.45, 7) is 0. The van der Waals surface area contributed by atoms with Crippen LogP contribution in [0.1, 0.15) is 0 Å². The fourth-order valence-electron chi connectivity index (χ4n) is 12.5. The number of aromatic nitrogens is 6. The molecule has 17 rings (SSSR count). The molecule has 0 unspecified atom stereocenters. The minimum Gasteiger partial charge on any atom is -0.334 e. The maximum absolute atomic E-state index is 5.73. The third-order valence-electron chi connectivity index (χ3n) is 16.7. The minimum absolute atomic E-state index is 0.478. The molecule has 17 aromatic rings. The van der Waals surface area contributed by atoms with E-state index in [0.717, 1.165) is 67.8 Å².